The van der Waals surface area contributed by atoms with Gasteiger partial charge in [-0.1, -0.05) is 38.1 Å². The van der Waals surface area contributed by atoms with E-state index < -0.39 is 0 Å². The molecule has 2 rings (SSSR count). The van der Waals surface area contributed by atoms with Crippen molar-refractivity contribution in [2.45, 2.75) is 24.7 Å². The van der Waals surface area contributed by atoms with Gasteiger partial charge in [0.25, 0.3) is 0 Å². The number of hydrogen-bond donors (Lipinski definition) is 0. The van der Waals surface area contributed by atoms with Gasteiger partial charge in [-0.05, 0) is 23.1 Å². The zero-order valence-electron chi connectivity index (χ0n) is 8.08. The summed E-state index contributed by atoms with van der Waals surface area (Å²) in [5.74, 6) is 1.75. The summed E-state index contributed by atoms with van der Waals surface area (Å²) in [6.45, 7) is 4.48. The second kappa shape index (κ2) is 3.59. The van der Waals surface area contributed by atoms with Crippen LogP contribution in [0.1, 0.15) is 30.9 Å². The molecule has 0 fully saturated rings. The highest BCUT2D eigenvalue weighted by atomic mass is 32.2. The molecule has 0 spiro atoms. The smallest absolute Gasteiger partial charge is 0.0164 e. The van der Waals surface area contributed by atoms with Crippen molar-refractivity contribution in [3.63, 3.8) is 0 Å². The Morgan fingerprint density at radius 1 is 1.31 bits per heavy atom. The van der Waals surface area contributed by atoms with Gasteiger partial charge in [0, 0.05) is 10.6 Å². The molecule has 0 atom stereocenters. The molecule has 0 nitrogen and oxygen atoms in total. The van der Waals surface area contributed by atoms with Crippen molar-refractivity contribution in [2.75, 3.05) is 5.75 Å². The molecule has 1 heteroatoms. The Balaban J connectivity index is 2.43. The van der Waals surface area contributed by atoms with E-state index in [4.69, 9.17) is 0 Å². The number of hydrogen-bond acceptors (Lipinski definition) is 1. The van der Waals surface area contributed by atoms with Crippen molar-refractivity contribution in [1.82, 2.24) is 0 Å². The normalized spacial score (nSPS) is 14.7. The Bertz CT molecular complexity index is 337. The van der Waals surface area contributed by atoms with Gasteiger partial charge in [-0.2, -0.15) is 0 Å². The summed E-state index contributed by atoms with van der Waals surface area (Å²) in [5.41, 5.74) is 2.83. The van der Waals surface area contributed by atoms with E-state index in [0.717, 1.165) is 5.75 Å². The fraction of sp³-hybridized carbons (Fsp3) is 0.333. The predicted molar refractivity (Wildman–Crippen MR) is 60.3 cm³/mol. The number of fused-ring (bicyclic) bond motifs is 1. The topological polar surface area (TPSA) is 0 Å². The monoisotopic (exact) mass is 190 g/mol. The first kappa shape index (κ1) is 8.89. The van der Waals surface area contributed by atoms with Crippen LogP contribution in [0, 0.1) is 0 Å². The maximum atomic E-state index is 2.31. The summed E-state index contributed by atoms with van der Waals surface area (Å²) in [6, 6.07) is 6.80. The molecule has 1 aromatic rings. The molecule has 1 aliphatic heterocycles. The molecule has 0 aromatic heterocycles. The summed E-state index contributed by atoms with van der Waals surface area (Å²) >= 11 is 1.92. The second-order valence-corrected chi connectivity index (χ2v) is 4.73. The van der Waals surface area contributed by atoms with Crippen LogP contribution in [0.15, 0.2) is 29.2 Å². The Morgan fingerprint density at radius 2 is 2.15 bits per heavy atom. The highest BCUT2D eigenvalue weighted by Gasteiger charge is 2.06. The van der Waals surface area contributed by atoms with Crippen LogP contribution in [-0.2, 0) is 0 Å². The Hall–Kier alpha value is -0.690. The molecule has 0 unspecified atom stereocenters. The molecule has 0 N–H and O–H groups in total. The fourth-order valence-electron chi connectivity index (χ4n) is 1.50. The van der Waals surface area contributed by atoms with Crippen LogP contribution in [0.5, 0.6) is 0 Å². The number of thioether (sulfide) groups is 1. The molecule has 0 bridgehead atoms. The van der Waals surface area contributed by atoms with Gasteiger partial charge in [0.05, 0.1) is 0 Å². The molecule has 68 valence electrons. The van der Waals surface area contributed by atoms with Crippen LogP contribution in [-0.4, -0.2) is 5.75 Å². The van der Waals surface area contributed by atoms with E-state index in [1.807, 2.05) is 11.8 Å². The SMILES string of the molecule is CC(C)c1ccc2c(c1)C=CCS2. The van der Waals surface area contributed by atoms with E-state index in [1.165, 1.54) is 16.0 Å². The lowest BCUT2D eigenvalue weighted by molar-refractivity contribution is 0.864. The largest absolute Gasteiger partial charge is 0.121 e. The maximum absolute atomic E-state index is 2.31. The van der Waals surface area contributed by atoms with Crippen LogP contribution in [0.3, 0.4) is 0 Å². The van der Waals surface area contributed by atoms with Gasteiger partial charge in [-0.25, -0.2) is 0 Å². The standard InChI is InChI=1S/C12H14S/c1-9(2)10-5-6-12-11(8-10)4-3-7-13-12/h3-6,8-9H,7H2,1-2H3. The van der Waals surface area contributed by atoms with Gasteiger partial charge in [0.2, 0.25) is 0 Å². The molecule has 0 saturated carbocycles. The predicted octanol–water partition coefficient (Wildman–Crippen LogP) is 3.93. The van der Waals surface area contributed by atoms with Crippen LogP contribution in [0.25, 0.3) is 6.08 Å². The molecule has 1 aliphatic rings. The van der Waals surface area contributed by atoms with E-state index in [2.05, 4.69) is 44.2 Å². The molecule has 1 heterocycles. The first-order chi connectivity index (χ1) is 6.27. The van der Waals surface area contributed by atoms with Crippen LogP contribution in [0.2, 0.25) is 0 Å². The highest BCUT2D eigenvalue weighted by Crippen LogP contribution is 2.30. The minimum atomic E-state index is 0.630. The average Bonchev–Trinajstić information content (AvgIpc) is 2.17. The third kappa shape index (κ3) is 1.80. The lowest BCUT2D eigenvalue weighted by atomic mass is 10.0. The minimum absolute atomic E-state index is 0.630. The molecular weight excluding hydrogens is 176 g/mol. The molecule has 0 amide bonds. The first-order valence-corrected chi connectivity index (χ1v) is 5.69. The third-order valence-corrected chi connectivity index (χ3v) is 3.37. The lowest BCUT2D eigenvalue weighted by Crippen LogP contribution is -1.92. The molecular formula is C12H14S. The molecule has 0 saturated heterocycles. The fourth-order valence-corrected chi connectivity index (χ4v) is 2.33. The van der Waals surface area contributed by atoms with E-state index in [-0.39, 0.29) is 0 Å². The minimum Gasteiger partial charge on any atom is -0.121 e. The number of rotatable bonds is 1. The van der Waals surface area contributed by atoms with Crippen molar-refractivity contribution in [3.05, 3.63) is 35.4 Å². The highest BCUT2D eigenvalue weighted by molar-refractivity contribution is 7.99. The quantitative estimate of drug-likeness (QED) is 0.646. The molecule has 0 aliphatic carbocycles. The van der Waals surface area contributed by atoms with Gasteiger partial charge in [0.1, 0.15) is 0 Å². The zero-order valence-corrected chi connectivity index (χ0v) is 8.90. The van der Waals surface area contributed by atoms with E-state index in [1.54, 1.807) is 0 Å². The first-order valence-electron chi connectivity index (χ1n) is 4.70. The zero-order chi connectivity index (χ0) is 9.26. The van der Waals surface area contributed by atoms with E-state index >= 15 is 0 Å². The van der Waals surface area contributed by atoms with Gasteiger partial charge in [-0.3, -0.25) is 0 Å². The molecule has 0 radical (unpaired) electrons. The van der Waals surface area contributed by atoms with E-state index in [0.29, 0.717) is 5.92 Å². The van der Waals surface area contributed by atoms with Crippen LogP contribution in [0.4, 0.5) is 0 Å². The van der Waals surface area contributed by atoms with Gasteiger partial charge in [-0.15, -0.1) is 11.8 Å². The Morgan fingerprint density at radius 3 is 2.92 bits per heavy atom. The van der Waals surface area contributed by atoms with E-state index in [9.17, 15) is 0 Å². The Kier molecular flexibility index (Phi) is 2.45. The van der Waals surface area contributed by atoms with Crippen molar-refractivity contribution in [1.29, 1.82) is 0 Å². The second-order valence-electron chi connectivity index (χ2n) is 3.67. The summed E-state index contributed by atoms with van der Waals surface area (Å²) in [6.07, 6.45) is 4.47. The summed E-state index contributed by atoms with van der Waals surface area (Å²) in [4.78, 5) is 1.42. The van der Waals surface area contributed by atoms with Gasteiger partial charge < -0.3 is 0 Å². The third-order valence-electron chi connectivity index (χ3n) is 2.33. The number of benzene rings is 1. The van der Waals surface area contributed by atoms with Gasteiger partial charge in [0.15, 0.2) is 0 Å². The average molecular weight is 190 g/mol. The van der Waals surface area contributed by atoms with Crippen molar-refractivity contribution in [3.8, 4) is 0 Å². The van der Waals surface area contributed by atoms with Gasteiger partial charge >= 0.3 is 0 Å². The van der Waals surface area contributed by atoms with Crippen LogP contribution >= 0.6 is 11.8 Å². The maximum Gasteiger partial charge on any atom is 0.0164 e. The molecule has 1 aromatic carbocycles. The van der Waals surface area contributed by atoms with Crippen molar-refractivity contribution >= 4 is 17.8 Å². The lowest BCUT2D eigenvalue weighted by Gasteiger charge is -2.13. The van der Waals surface area contributed by atoms with Crippen LogP contribution < -0.4 is 0 Å². The summed E-state index contributed by atoms with van der Waals surface area (Å²) in [7, 11) is 0. The summed E-state index contributed by atoms with van der Waals surface area (Å²) < 4.78 is 0. The van der Waals surface area contributed by atoms with Crippen molar-refractivity contribution in [2.24, 2.45) is 0 Å². The Labute approximate surface area is 84.0 Å². The summed E-state index contributed by atoms with van der Waals surface area (Å²) in [5, 5.41) is 0. The van der Waals surface area contributed by atoms with Crippen molar-refractivity contribution < 1.29 is 0 Å². The molecule has 13 heavy (non-hydrogen) atoms.